The third kappa shape index (κ3) is 4.08. The molecular formula is C15H25NOS. The van der Waals surface area contributed by atoms with Crippen LogP contribution >= 0.6 is 11.3 Å². The molecule has 1 aliphatic rings. The zero-order chi connectivity index (χ0) is 12.8. The van der Waals surface area contributed by atoms with Crippen molar-refractivity contribution in [2.45, 2.75) is 45.6 Å². The Morgan fingerprint density at radius 2 is 2.22 bits per heavy atom. The Kier molecular flexibility index (Phi) is 5.67. The van der Waals surface area contributed by atoms with Crippen molar-refractivity contribution in [1.82, 2.24) is 5.32 Å². The van der Waals surface area contributed by atoms with Crippen LogP contribution in [0.3, 0.4) is 0 Å². The van der Waals surface area contributed by atoms with Gasteiger partial charge >= 0.3 is 0 Å². The lowest BCUT2D eigenvalue weighted by Gasteiger charge is -2.20. The summed E-state index contributed by atoms with van der Waals surface area (Å²) in [7, 11) is 0. The Hall–Kier alpha value is -0.380. The molecule has 2 unspecified atom stereocenters. The molecule has 1 fully saturated rings. The van der Waals surface area contributed by atoms with Gasteiger partial charge in [-0.1, -0.05) is 13.8 Å². The van der Waals surface area contributed by atoms with Crippen LogP contribution in [0.1, 0.15) is 36.4 Å². The van der Waals surface area contributed by atoms with Gasteiger partial charge in [-0.05, 0) is 50.3 Å². The first-order valence-electron chi connectivity index (χ1n) is 7.20. The lowest BCUT2D eigenvalue weighted by atomic mass is 9.96. The van der Waals surface area contributed by atoms with Crippen LogP contribution in [0.15, 0.2) is 12.1 Å². The van der Waals surface area contributed by atoms with E-state index in [4.69, 9.17) is 4.74 Å². The average Bonchev–Trinajstić information content (AvgIpc) is 3.00. The fourth-order valence-corrected chi connectivity index (χ4v) is 3.70. The quantitative estimate of drug-likeness (QED) is 0.819. The maximum atomic E-state index is 5.48. The summed E-state index contributed by atoms with van der Waals surface area (Å²) in [4.78, 5) is 3.03. The topological polar surface area (TPSA) is 21.3 Å². The van der Waals surface area contributed by atoms with E-state index in [9.17, 15) is 0 Å². The summed E-state index contributed by atoms with van der Waals surface area (Å²) in [6.45, 7) is 7.41. The van der Waals surface area contributed by atoms with Crippen LogP contribution in [0, 0.1) is 5.92 Å². The van der Waals surface area contributed by atoms with Gasteiger partial charge in [0.1, 0.15) is 0 Å². The molecule has 1 aromatic rings. The van der Waals surface area contributed by atoms with Crippen molar-refractivity contribution in [3.8, 4) is 0 Å². The normalized spacial score (nSPS) is 21.3. The standard InChI is InChI=1S/C15H25NOS/c1-3-14-5-6-15(18-14)10-13(16-4-2)9-12-7-8-17-11-12/h5-6,12-13,16H,3-4,7-11H2,1-2H3. The van der Waals surface area contributed by atoms with Gasteiger partial charge in [-0.3, -0.25) is 0 Å². The molecule has 2 nitrogen and oxygen atoms in total. The fourth-order valence-electron chi connectivity index (χ4n) is 2.66. The number of likely N-dealkylation sites (N-methyl/N-ethyl adjacent to an activating group) is 1. The van der Waals surface area contributed by atoms with Crippen molar-refractivity contribution in [3.63, 3.8) is 0 Å². The summed E-state index contributed by atoms with van der Waals surface area (Å²) < 4.78 is 5.48. The molecule has 1 aliphatic heterocycles. The molecule has 3 heteroatoms. The monoisotopic (exact) mass is 267 g/mol. The Labute approximate surface area is 115 Å². The minimum absolute atomic E-state index is 0.616. The Bertz CT molecular complexity index is 344. The van der Waals surface area contributed by atoms with Crippen LogP contribution in [0.2, 0.25) is 0 Å². The number of aryl methyl sites for hydroxylation is 1. The molecule has 0 saturated carbocycles. The third-order valence-electron chi connectivity index (χ3n) is 3.65. The summed E-state index contributed by atoms with van der Waals surface area (Å²) in [5.41, 5.74) is 0. The van der Waals surface area contributed by atoms with Crippen LogP contribution in [0.4, 0.5) is 0 Å². The van der Waals surface area contributed by atoms with E-state index in [0.717, 1.165) is 32.1 Å². The molecule has 0 amide bonds. The van der Waals surface area contributed by atoms with Gasteiger partial charge in [0.25, 0.3) is 0 Å². The first-order valence-corrected chi connectivity index (χ1v) is 8.02. The maximum Gasteiger partial charge on any atom is 0.0495 e. The highest BCUT2D eigenvalue weighted by Crippen LogP contribution is 2.23. The van der Waals surface area contributed by atoms with Gasteiger partial charge in [0.15, 0.2) is 0 Å². The van der Waals surface area contributed by atoms with Crippen LogP contribution in [0.25, 0.3) is 0 Å². The summed E-state index contributed by atoms with van der Waals surface area (Å²) in [6, 6.07) is 5.20. The van der Waals surface area contributed by atoms with E-state index in [-0.39, 0.29) is 0 Å². The lowest BCUT2D eigenvalue weighted by molar-refractivity contribution is 0.181. The van der Waals surface area contributed by atoms with Crippen molar-refractivity contribution in [2.75, 3.05) is 19.8 Å². The van der Waals surface area contributed by atoms with Crippen LogP contribution in [0.5, 0.6) is 0 Å². The number of ether oxygens (including phenoxy) is 1. The number of hydrogen-bond donors (Lipinski definition) is 1. The van der Waals surface area contributed by atoms with Crippen molar-refractivity contribution >= 4 is 11.3 Å². The Balaban J connectivity index is 1.87. The molecule has 1 aromatic heterocycles. The summed E-state index contributed by atoms with van der Waals surface area (Å²) in [6.07, 6.45) is 4.84. The molecule has 1 saturated heterocycles. The predicted octanol–water partition coefficient (Wildman–Crippen LogP) is 3.26. The number of thiophene rings is 1. The molecule has 2 rings (SSSR count). The molecule has 0 aromatic carbocycles. The molecule has 0 aliphatic carbocycles. The lowest BCUT2D eigenvalue weighted by Crippen LogP contribution is -2.33. The molecule has 2 atom stereocenters. The third-order valence-corrected chi connectivity index (χ3v) is 4.90. The van der Waals surface area contributed by atoms with Crippen molar-refractivity contribution in [2.24, 2.45) is 5.92 Å². The van der Waals surface area contributed by atoms with E-state index in [0.29, 0.717) is 6.04 Å². The largest absolute Gasteiger partial charge is 0.381 e. The zero-order valence-electron chi connectivity index (χ0n) is 11.6. The van der Waals surface area contributed by atoms with E-state index in [1.807, 2.05) is 11.3 Å². The van der Waals surface area contributed by atoms with Gasteiger partial charge in [-0.2, -0.15) is 0 Å². The van der Waals surface area contributed by atoms with E-state index >= 15 is 0 Å². The molecule has 102 valence electrons. The Morgan fingerprint density at radius 1 is 1.39 bits per heavy atom. The van der Waals surface area contributed by atoms with Crippen LogP contribution < -0.4 is 5.32 Å². The summed E-state index contributed by atoms with van der Waals surface area (Å²) in [5, 5.41) is 3.64. The highest BCUT2D eigenvalue weighted by Gasteiger charge is 2.20. The SMILES string of the molecule is CCNC(Cc1ccc(CC)s1)CC1CCOC1. The maximum absolute atomic E-state index is 5.48. The van der Waals surface area contributed by atoms with Gasteiger partial charge in [0.05, 0.1) is 0 Å². The zero-order valence-corrected chi connectivity index (χ0v) is 12.4. The van der Waals surface area contributed by atoms with Crippen LogP contribution in [-0.4, -0.2) is 25.8 Å². The summed E-state index contributed by atoms with van der Waals surface area (Å²) in [5.74, 6) is 0.764. The average molecular weight is 267 g/mol. The second-order valence-corrected chi connectivity index (χ2v) is 6.40. The Morgan fingerprint density at radius 3 is 2.83 bits per heavy atom. The molecule has 1 N–H and O–H groups in total. The minimum atomic E-state index is 0.616. The minimum Gasteiger partial charge on any atom is -0.381 e. The number of nitrogens with one attached hydrogen (secondary N) is 1. The molecular weight excluding hydrogens is 242 g/mol. The van der Waals surface area contributed by atoms with Gasteiger partial charge < -0.3 is 10.1 Å². The van der Waals surface area contributed by atoms with Crippen molar-refractivity contribution in [3.05, 3.63) is 21.9 Å². The van der Waals surface area contributed by atoms with E-state index in [1.165, 1.54) is 29.0 Å². The van der Waals surface area contributed by atoms with Crippen LogP contribution in [-0.2, 0) is 17.6 Å². The highest BCUT2D eigenvalue weighted by molar-refractivity contribution is 7.11. The van der Waals surface area contributed by atoms with E-state index in [1.54, 1.807) is 0 Å². The molecule has 2 heterocycles. The molecule has 0 radical (unpaired) electrons. The number of hydrogen-bond acceptors (Lipinski definition) is 3. The fraction of sp³-hybridized carbons (Fsp3) is 0.733. The first kappa shape index (κ1) is 14.0. The second kappa shape index (κ2) is 7.27. The van der Waals surface area contributed by atoms with Gasteiger partial charge in [-0.15, -0.1) is 11.3 Å². The second-order valence-electron chi connectivity index (χ2n) is 5.15. The van der Waals surface area contributed by atoms with Gasteiger partial charge in [-0.25, -0.2) is 0 Å². The van der Waals surface area contributed by atoms with Gasteiger partial charge in [0, 0.05) is 29.0 Å². The molecule has 18 heavy (non-hydrogen) atoms. The van der Waals surface area contributed by atoms with Crippen molar-refractivity contribution in [1.29, 1.82) is 0 Å². The first-order chi connectivity index (χ1) is 8.81. The van der Waals surface area contributed by atoms with E-state index < -0.39 is 0 Å². The molecule has 0 spiro atoms. The van der Waals surface area contributed by atoms with Crippen molar-refractivity contribution < 1.29 is 4.74 Å². The van der Waals surface area contributed by atoms with E-state index in [2.05, 4.69) is 31.3 Å². The number of rotatable bonds is 7. The smallest absolute Gasteiger partial charge is 0.0495 e. The molecule has 0 bridgehead atoms. The summed E-state index contributed by atoms with van der Waals surface area (Å²) >= 11 is 1.97. The van der Waals surface area contributed by atoms with Gasteiger partial charge in [0.2, 0.25) is 0 Å². The predicted molar refractivity (Wildman–Crippen MR) is 78.4 cm³/mol. The highest BCUT2D eigenvalue weighted by atomic mass is 32.1.